The first kappa shape index (κ1) is 13.3. The van der Waals surface area contributed by atoms with Crippen molar-refractivity contribution in [1.29, 1.82) is 0 Å². The van der Waals surface area contributed by atoms with E-state index in [0.29, 0.717) is 11.4 Å². The molecule has 0 aromatic carbocycles. The van der Waals surface area contributed by atoms with E-state index in [2.05, 4.69) is 10.2 Å². The van der Waals surface area contributed by atoms with Crippen LogP contribution < -0.4 is 11.1 Å². The summed E-state index contributed by atoms with van der Waals surface area (Å²) in [6.07, 6.45) is 2.28. The molecule has 0 aromatic rings. The molecule has 0 aliphatic carbocycles. The second-order valence-corrected chi connectivity index (χ2v) is 3.82. The zero-order valence-corrected chi connectivity index (χ0v) is 9.69. The van der Waals surface area contributed by atoms with E-state index in [4.69, 9.17) is 18.0 Å². The van der Waals surface area contributed by atoms with E-state index in [0.717, 1.165) is 25.9 Å². The van der Waals surface area contributed by atoms with E-state index >= 15 is 0 Å². The molecule has 0 saturated heterocycles. The summed E-state index contributed by atoms with van der Waals surface area (Å²) in [4.78, 5) is 13.6. The van der Waals surface area contributed by atoms with Crippen molar-refractivity contribution in [3.05, 3.63) is 0 Å². The van der Waals surface area contributed by atoms with E-state index in [-0.39, 0.29) is 5.91 Å². The predicted octanol–water partition coefficient (Wildman–Crippen LogP) is 0.121. The zero-order chi connectivity index (χ0) is 11.0. The van der Waals surface area contributed by atoms with Crippen LogP contribution in [0.1, 0.15) is 19.3 Å². The Kier molecular flexibility index (Phi) is 7.32. The molecule has 0 aromatic heterocycles. The van der Waals surface area contributed by atoms with Gasteiger partial charge >= 0.3 is 0 Å². The highest BCUT2D eigenvalue weighted by atomic mass is 32.1. The fourth-order valence-electron chi connectivity index (χ4n) is 1.05. The van der Waals surface area contributed by atoms with Gasteiger partial charge in [-0.15, -0.1) is 0 Å². The second-order valence-electron chi connectivity index (χ2n) is 3.30. The molecule has 4 nitrogen and oxygen atoms in total. The van der Waals surface area contributed by atoms with Gasteiger partial charge in [0.1, 0.15) is 0 Å². The third kappa shape index (κ3) is 7.94. The van der Waals surface area contributed by atoms with Gasteiger partial charge in [-0.1, -0.05) is 12.2 Å². The normalized spacial score (nSPS) is 10.2. The van der Waals surface area contributed by atoms with Crippen LogP contribution in [0.5, 0.6) is 0 Å². The number of hydrogen-bond donors (Lipinski definition) is 2. The lowest BCUT2D eigenvalue weighted by atomic mass is 10.3. The molecule has 82 valence electrons. The molecule has 0 atom stereocenters. The molecule has 0 aliphatic rings. The summed E-state index contributed by atoms with van der Waals surface area (Å²) in [5.41, 5.74) is 5.37. The van der Waals surface area contributed by atoms with Crippen LogP contribution in [0.4, 0.5) is 0 Å². The van der Waals surface area contributed by atoms with Gasteiger partial charge in [0.25, 0.3) is 0 Å². The number of hydrogen-bond acceptors (Lipinski definition) is 3. The van der Waals surface area contributed by atoms with Gasteiger partial charge in [0, 0.05) is 20.0 Å². The van der Waals surface area contributed by atoms with Crippen molar-refractivity contribution in [1.82, 2.24) is 10.2 Å². The smallest absolute Gasteiger partial charge is 0.221 e. The van der Waals surface area contributed by atoms with E-state index in [1.165, 1.54) is 0 Å². The Morgan fingerprint density at radius 2 is 2.07 bits per heavy atom. The van der Waals surface area contributed by atoms with Crippen molar-refractivity contribution in [3.63, 3.8) is 0 Å². The topological polar surface area (TPSA) is 58.4 Å². The summed E-state index contributed by atoms with van der Waals surface area (Å²) >= 11 is 4.77. The maximum Gasteiger partial charge on any atom is 0.221 e. The van der Waals surface area contributed by atoms with Gasteiger partial charge < -0.3 is 16.0 Å². The van der Waals surface area contributed by atoms with Crippen LogP contribution in [0, 0.1) is 0 Å². The van der Waals surface area contributed by atoms with Gasteiger partial charge in [0.2, 0.25) is 5.91 Å². The van der Waals surface area contributed by atoms with E-state index < -0.39 is 0 Å². The lowest BCUT2D eigenvalue weighted by Gasteiger charge is -2.15. The van der Waals surface area contributed by atoms with E-state index in [9.17, 15) is 4.79 Å². The maximum absolute atomic E-state index is 10.9. The number of amides is 1. The average Bonchev–Trinajstić information content (AvgIpc) is 2.13. The van der Waals surface area contributed by atoms with Crippen molar-refractivity contribution < 1.29 is 4.79 Å². The van der Waals surface area contributed by atoms with Gasteiger partial charge in [0.15, 0.2) is 0 Å². The maximum atomic E-state index is 10.9. The number of nitrogens with one attached hydrogen (secondary N) is 1. The second kappa shape index (κ2) is 7.70. The largest absolute Gasteiger partial charge is 0.393 e. The van der Waals surface area contributed by atoms with Gasteiger partial charge in [-0.2, -0.15) is 0 Å². The Balaban J connectivity index is 3.41. The Hall–Kier alpha value is -0.680. The van der Waals surface area contributed by atoms with Crippen LogP contribution in [0.3, 0.4) is 0 Å². The Labute approximate surface area is 90.8 Å². The lowest BCUT2D eigenvalue weighted by molar-refractivity contribution is -0.120. The highest BCUT2D eigenvalue weighted by molar-refractivity contribution is 7.80. The molecule has 3 N–H and O–H groups in total. The molecular weight excluding hydrogens is 198 g/mol. The SMILES string of the molecule is CNC(=O)CCN(C)CCCC(N)=S. The summed E-state index contributed by atoms with van der Waals surface area (Å²) in [6.45, 7) is 1.70. The molecule has 14 heavy (non-hydrogen) atoms. The summed E-state index contributed by atoms with van der Waals surface area (Å²) in [5, 5.41) is 2.59. The standard InChI is InChI=1S/C9H19N3OS/c1-11-9(13)5-7-12(2)6-3-4-8(10)14/h3-7H2,1-2H3,(H2,10,14)(H,11,13). The third-order valence-corrected chi connectivity index (χ3v) is 2.17. The summed E-state index contributed by atoms with van der Waals surface area (Å²) < 4.78 is 0. The van der Waals surface area contributed by atoms with Crippen molar-refractivity contribution in [2.24, 2.45) is 5.73 Å². The highest BCUT2D eigenvalue weighted by Crippen LogP contribution is 1.94. The molecular formula is C9H19N3OS. The summed E-state index contributed by atoms with van der Waals surface area (Å²) in [5.74, 6) is 0.0752. The molecule has 0 heterocycles. The molecule has 0 saturated carbocycles. The van der Waals surface area contributed by atoms with Crippen molar-refractivity contribution in [2.45, 2.75) is 19.3 Å². The van der Waals surface area contributed by atoms with Crippen LogP contribution in [-0.4, -0.2) is 43.0 Å². The van der Waals surface area contributed by atoms with Crippen LogP contribution in [0.2, 0.25) is 0 Å². The van der Waals surface area contributed by atoms with Crippen molar-refractivity contribution in [3.8, 4) is 0 Å². The van der Waals surface area contributed by atoms with Gasteiger partial charge in [-0.05, 0) is 26.4 Å². The zero-order valence-electron chi connectivity index (χ0n) is 8.88. The van der Waals surface area contributed by atoms with Crippen molar-refractivity contribution >= 4 is 23.1 Å². The number of rotatable bonds is 7. The summed E-state index contributed by atoms with van der Waals surface area (Å²) in [7, 11) is 3.64. The van der Waals surface area contributed by atoms with E-state index in [1.807, 2.05) is 7.05 Å². The van der Waals surface area contributed by atoms with Gasteiger partial charge in [-0.3, -0.25) is 4.79 Å². The first-order chi connectivity index (χ1) is 6.56. The van der Waals surface area contributed by atoms with Crippen LogP contribution in [0.15, 0.2) is 0 Å². The summed E-state index contributed by atoms with van der Waals surface area (Å²) in [6, 6.07) is 0. The number of carbonyl (C=O) groups excluding carboxylic acids is 1. The third-order valence-electron chi connectivity index (χ3n) is 1.96. The molecule has 1 amide bonds. The minimum Gasteiger partial charge on any atom is -0.393 e. The number of carbonyl (C=O) groups is 1. The molecule has 0 spiro atoms. The first-order valence-electron chi connectivity index (χ1n) is 4.73. The molecule has 0 aliphatic heterocycles. The van der Waals surface area contributed by atoms with Crippen molar-refractivity contribution in [2.75, 3.05) is 27.2 Å². The number of thiocarbonyl (C=S) groups is 1. The fourth-order valence-corrected chi connectivity index (χ4v) is 1.20. The molecule has 0 rings (SSSR count). The molecule has 5 heteroatoms. The number of nitrogens with two attached hydrogens (primary N) is 1. The molecule has 0 bridgehead atoms. The quantitative estimate of drug-likeness (QED) is 0.595. The first-order valence-corrected chi connectivity index (χ1v) is 5.14. The Bertz CT molecular complexity index is 196. The van der Waals surface area contributed by atoms with Crippen LogP contribution >= 0.6 is 12.2 Å². The fraction of sp³-hybridized carbons (Fsp3) is 0.778. The average molecular weight is 217 g/mol. The molecule has 0 unspecified atom stereocenters. The minimum absolute atomic E-state index is 0.0752. The number of nitrogens with zero attached hydrogens (tertiary/aromatic N) is 1. The van der Waals surface area contributed by atoms with Crippen LogP contribution in [0.25, 0.3) is 0 Å². The Morgan fingerprint density at radius 3 is 2.57 bits per heavy atom. The van der Waals surface area contributed by atoms with Gasteiger partial charge in [-0.25, -0.2) is 0 Å². The lowest BCUT2D eigenvalue weighted by Crippen LogP contribution is -2.27. The van der Waals surface area contributed by atoms with Gasteiger partial charge in [0.05, 0.1) is 4.99 Å². The van der Waals surface area contributed by atoms with Crippen LogP contribution in [-0.2, 0) is 4.79 Å². The molecule has 0 radical (unpaired) electrons. The van der Waals surface area contributed by atoms with E-state index in [1.54, 1.807) is 7.05 Å². The monoisotopic (exact) mass is 217 g/mol. The Morgan fingerprint density at radius 1 is 1.43 bits per heavy atom. The molecule has 0 fully saturated rings. The highest BCUT2D eigenvalue weighted by Gasteiger charge is 2.02. The minimum atomic E-state index is 0.0752. The predicted molar refractivity (Wildman–Crippen MR) is 62.2 cm³/mol.